The second-order valence-corrected chi connectivity index (χ2v) is 6.56. The fraction of sp³-hybridized carbons (Fsp3) is 0.462. The molecule has 7 heteroatoms. The van der Waals surface area contributed by atoms with Crippen molar-refractivity contribution in [2.75, 3.05) is 32.1 Å². The number of carboxylic acid groups (broad SMARTS) is 1. The highest BCUT2D eigenvalue weighted by Gasteiger charge is 2.25. The Labute approximate surface area is 119 Å². The summed E-state index contributed by atoms with van der Waals surface area (Å²) in [7, 11) is -0.0499. The highest BCUT2D eigenvalue weighted by Crippen LogP contribution is 2.19. The van der Waals surface area contributed by atoms with Gasteiger partial charge in [0.15, 0.2) is 0 Å². The van der Waals surface area contributed by atoms with E-state index in [-0.39, 0.29) is 11.4 Å². The molecule has 0 amide bonds. The molecule has 0 radical (unpaired) electrons. The van der Waals surface area contributed by atoms with Crippen molar-refractivity contribution in [1.82, 2.24) is 4.31 Å². The molecule has 0 fully saturated rings. The number of nitrogens with zero attached hydrogens (tertiary/aromatic N) is 2. The molecular formula is C13H20N2O4S. The summed E-state index contributed by atoms with van der Waals surface area (Å²) in [6.07, 6.45) is 0.558. The molecule has 20 heavy (non-hydrogen) atoms. The fourth-order valence-electron chi connectivity index (χ4n) is 1.75. The largest absolute Gasteiger partial charge is 0.480 e. The Kier molecular flexibility index (Phi) is 5.52. The molecule has 1 N–H and O–H groups in total. The van der Waals surface area contributed by atoms with E-state index in [4.69, 9.17) is 5.11 Å². The number of carbonyl (C=O) groups is 1. The van der Waals surface area contributed by atoms with Crippen LogP contribution in [0, 0.1) is 0 Å². The lowest BCUT2D eigenvalue weighted by molar-refractivity contribution is -0.137. The molecule has 0 aliphatic rings. The first-order chi connectivity index (χ1) is 9.28. The summed E-state index contributed by atoms with van der Waals surface area (Å²) in [5.74, 6) is -1.16. The molecule has 1 aromatic rings. The van der Waals surface area contributed by atoms with Crippen LogP contribution in [-0.2, 0) is 14.8 Å². The van der Waals surface area contributed by atoms with Crippen molar-refractivity contribution in [2.45, 2.75) is 18.2 Å². The second-order valence-electron chi connectivity index (χ2n) is 4.62. The first-order valence-electron chi connectivity index (χ1n) is 6.28. The van der Waals surface area contributed by atoms with Crippen molar-refractivity contribution in [1.29, 1.82) is 0 Å². The van der Waals surface area contributed by atoms with Gasteiger partial charge in [-0.2, -0.15) is 4.31 Å². The molecule has 0 spiro atoms. The fourth-order valence-corrected chi connectivity index (χ4v) is 3.23. The Balaban J connectivity index is 3.08. The molecule has 0 aliphatic heterocycles. The van der Waals surface area contributed by atoms with Crippen molar-refractivity contribution < 1.29 is 18.3 Å². The first kappa shape index (κ1) is 16.5. The Morgan fingerprint density at radius 3 is 2.15 bits per heavy atom. The van der Waals surface area contributed by atoms with E-state index in [9.17, 15) is 13.2 Å². The summed E-state index contributed by atoms with van der Waals surface area (Å²) >= 11 is 0. The van der Waals surface area contributed by atoms with Gasteiger partial charge in [-0.15, -0.1) is 0 Å². The standard InChI is InChI=1S/C13H20N2O4S/c1-4-9-15(10-13(16)17)20(18,19)12-7-5-11(6-8-12)14(2)3/h5-8H,4,9-10H2,1-3H3,(H,16,17). The summed E-state index contributed by atoms with van der Waals surface area (Å²) in [5, 5.41) is 8.82. The van der Waals surface area contributed by atoms with Gasteiger partial charge in [0, 0.05) is 26.3 Å². The molecule has 0 unspecified atom stereocenters. The Morgan fingerprint density at radius 2 is 1.75 bits per heavy atom. The molecular weight excluding hydrogens is 280 g/mol. The maximum Gasteiger partial charge on any atom is 0.318 e. The molecule has 0 aromatic heterocycles. The Bertz CT molecular complexity index is 552. The molecule has 112 valence electrons. The highest BCUT2D eigenvalue weighted by atomic mass is 32.2. The number of sulfonamides is 1. The SMILES string of the molecule is CCCN(CC(=O)O)S(=O)(=O)c1ccc(N(C)C)cc1. The van der Waals surface area contributed by atoms with Crippen LogP contribution in [0.2, 0.25) is 0 Å². The van der Waals surface area contributed by atoms with Gasteiger partial charge in [-0.25, -0.2) is 8.42 Å². The van der Waals surface area contributed by atoms with E-state index in [1.807, 2.05) is 19.0 Å². The predicted molar refractivity (Wildman–Crippen MR) is 77.5 cm³/mol. The van der Waals surface area contributed by atoms with Gasteiger partial charge in [-0.1, -0.05) is 6.92 Å². The van der Waals surface area contributed by atoms with Crippen LogP contribution in [-0.4, -0.2) is 51.0 Å². The molecule has 0 aliphatic carbocycles. The summed E-state index contributed by atoms with van der Waals surface area (Å²) in [6.45, 7) is 1.47. The maximum absolute atomic E-state index is 12.4. The first-order valence-corrected chi connectivity index (χ1v) is 7.72. The van der Waals surface area contributed by atoms with E-state index in [0.717, 1.165) is 9.99 Å². The molecule has 0 bridgehead atoms. The maximum atomic E-state index is 12.4. The van der Waals surface area contributed by atoms with E-state index < -0.39 is 22.5 Å². The summed E-state index contributed by atoms with van der Waals surface area (Å²) in [5.41, 5.74) is 0.879. The predicted octanol–water partition coefficient (Wildman–Crippen LogP) is 1.24. The molecule has 6 nitrogen and oxygen atoms in total. The number of carboxylic acids is 1. The normalized spacial score (nSPS) is 11.6. The van der Waals surface area contributed by atoms with Gasteiger partial charge in [-0.3, -0.25) is 4.79 Å². The molecule has 0 heterocycles. The topological polar surface area (TPSA) is 77.9 Å². The van der Waals surface area contributed by atoms with Crippen LogP contribution in [0.1, 0.15) is 13.3 Å². The Morgan fingerprint density at radius 1 is 1.20 bits per heavy atom. The van der Waals surface area contributed by atoms with Gasteiger partial charge < -0.3 is 10.0 Å². The van der Waals surface area contributed by atoms with Gasteiger partial charge >= 0.3 is 5.97 Å². The van der Waals surface area contributed by atoms with Gasteiger partial charge in [0.1, 0.15) is 6.54 Å². The van der Waals surface area contributed by atoms with Gasteiger partial charge in [-0.05, 0) is 30.7 Å². The van der Waals surface area contributed by atoms with Crippen LogP contribution < -0.4 is 4.90 Å². The van der Waals surface area contributed by atoms with Crippen molar-refractivity contribution in [3.63, 3.8) is 0 Å². The third-order valence-corrected chi connectivity index (χ3v) is 4.63. The van der Waals surface area contributed by atoms with Gasteiger partial charge in [0.25, 0.3) is 0 Å². The molecule has 1 aromatic carbocycles. The zero-order valence-corrected chi connectivity index (χ0v) is 12.7. The molecule has 0 atom stereocenters. The van der Waals surface area contributed by atoms with Crippen molar-refractivity contribution >= 4 is 21.7 Å². The second kappa shape index (κ2) is 6.71. The van der Waals surface area contributed by atoms with E-state index in [1.165, 1.54) is 12.1 Å². The van der Waals surface area contributed by atoms with Gasteiger partial charge in [0.05, 0.1) is 4.90 Å². The summed E-state index contributed by atoms with van der Waals surface area (Å²) < 4.78 is 25.8. The van der Waals surface area contributed by atoms with Crippen LogP contribution in [0.5, 0.6) is 0 Å². The number of hydrogen-bond donors (Lipinski definition) is 1. The highest BCUT2D eigenvalue weighted by molar-refractivity contribution is 7.89. The lowest BCUT2D eigenvalue weighted by Crippen LogP contribution is -2.36. The third-order valence-electron chi connectivity index (χ3n) is 2.78. The van der Waals surface area contributed by atoms with Crippen LogP contribution in [0.3, 0.4) is 0 Å². The number of hydrogen-bond acceptors (Lipinski definition) is 4. The lowest BCUT2D eigenvalue weighted by Gasteiger charge is -2.20. The van der Waals surface area contributed by atoms with Crippen LogP contribution in [0.15, 0.2) is 29.2 Å². The quantitative estimate of drug-likeness (QED) is 0.819. The third kappa shape index (κ3) is 3.94. The summed E-state index contributed by atoms with van der Waals surface area (Å²) in [6, 6.07) is 6.37. The van der Waals surface area contributed by atoms with E-state index in [2.05, 4.69) is 0 Å². The Hall–Kier alpha value is -1.60. The average molecular weight is 300 g/mol. The average Bonchev–Trinajstić information content (AvgIpc) is 2.37. The van der Waals surface area contributed by atoms with Crippen molar-refractivity contribution in [3.8, 4) is 0 Å². The van der Waals surface area contributed by atoms with Crippen molar-refractivity contribution in [3.05, 3.63) is 24.3 Å². The lowest BCUT2D eigenvalue weighted by atomic mass is 10.3. The molecule has 1 rings (SSSR count). The number of rotatable bonds is 7. The zero-order valence-electron chi connectivity index (χ0n) is 11.9. The van der Waals surface area contributed by atoms with E-state index in [1.54, 1.807) is 19.1 Å². The van der Waals surface area contributed by atoms with Crippen molar-refractivity contribution in [2.24, 2.45) is 0 Å². The van der Waals surface area contributed by atoms with Crippen LogP contribution in [0.25, 0.3) is 0 Å². The minimum Gasteiger partial charge on any atom is -0.480 e. The van der Waals surface area contributed by atoms with E-state index >= 15 is 0 Å². The van der Waals surface area contributed by atoms with Crippen LogP contribution >= 0.6 is 0 Å². The summed E-state index contributed by atoms with van der Waals surface area (Å²) in [4.78, 5) is 12.8. The smallest absolute Gasteiger partial charge is 0.318 e. The van der Waals surface area contributed by atoms with Gasteiger partial charge in [0.2, 0.25) is 10.0 Å². The zero-order chi connectivity index (χ0) is 15.3. The molecule has 0 saturated carbocycles. The number of aliphatic carboxylic acids is 1. The number of anilines is 1. The minimum atomic E-state index is -3.77. The monoisotopic (exact) mass is 300 g/mol. The van der Waals surface area contributed by atoms with Crippen LogP contribution in [0.4, 0.5) is 5.69 Å². The molecule has 0 saturated heterocycles. The number of benzene rings is 1. The van der Waals surface area contributed by atoms with E-state index in [0.29, 0.717) is 6.42 Å². The minimum absolute atomic E-state index is 0.109.